The van der Waals surface area contributed by atoms with E-state index in [2.05, 4.69) is 4.74 Å². The van der Waals surface area contributed by atoms with Crippen molar-refractivity contribution in [2.45, 2.75) is 72.8 Å². The van der Waals surface area contributed by atoms with Gasteiger partial charge in [-0.1, -0.05) is 41.0 Å². The largest absolute Gasteiger partial charge is 0.442 e. The van der Waals surface area contributed by atoms with Crippen molar-refractivity contribution >= 4 is 5.97 Å². The van der Waals surface area contributed by atoms with Crippen LogP contribution < -0.4 is 0 Å². The fourth-order valence-corrected chi connectivity index (χ4v) is 2.19. The van der Waals surface area contributed by atoms with Crippen molar-refractivity contribution in [2.24, 2.45) is 16.7 Å². The van der Waals surface area contributed by atoms with Gasteiger partial charge in [-0.2, -0.15) is 26.3 Å². The molecule has 0 fully saturated rings. The molecule has 0 radical (unpaired) electrons. The number of carbonyl (C=O) groups is 1. The van der Waals surface area contributed by atoms with E-state index in [1.54, 1.807) is 27.7 Å². The summed E-state index contributed by atoms with van der Waals surface area (Å²) in [5.41, 5.74) is -1.88. The second-order valence-corrected chi connectivity index (χ2v) is 7.14. The smallest absolute Gasteiger partial charge is 0.434 e. The molecule has 1 atom stereocenters. The Kier molecular flexibility index (Phi) is 6.60. The third-order valence-electron chi connectivity index (χ3n) is 4.36. The van der Waals surface area contributed by atoms with Crippen LogP contribution in [-0.2, 0) is 9.53 Å². The molecule has 0 spiro atoms. The van der Waals surface area contributed by atoms with E-state index in [1.165, 1.54) is 6.92 Å². The van der Waals surface area contributed by atoms with Gasteiger partial charge in [0.05, 0.1) is 5.41 Å². The Balaban J connectivity index is 5.57. The Morgan fingerprint density at radius 3 is 1.61 bits per heavy atom. The van der Waals surface area contributed by atoms with Crippen molar-refractivity contribution in [3.63, 3.8) is 0 Å². The third kappa shape index (κ3) is 5.88. The zero-order valence-corrected chi connectivity index (χ0v) is 14.2. The number of rotatable bonds is 6. The van der Waals surface area contributed by atoms with Crippen LogP contribution in [0.25, 0.3) is 0 Å². The second-order valence-electron chi connectivity index (χ2n) is 7.14. The zero-order chi connectivity index (χ0) is 18.9. The van der Waals surface area contributed by atoms with Crippen molar-refractivity contribution in [1.29, 1.82) is 0 Å². The van der Waals surface area contributed by atoms with Gasteiger partial charge < -0.3 is 4.74 Å². The highest BCUT2D eigenvalue weighted by Crippen LogP contribution is 2.44. The molecule has 0 saturated heterocycles. The van der Waals surface area contributed by atoms with Crippen LogP contribution >= 0.6 is 0 Å². The van der Waals surface area contributed by atoms with Gasteiger partial charge in [0.15, 0.2) is 0 Å². The average Bonchev–Trinajstić information content (AvgIpc) is 2.31. The van der Waals surface area contributed by atoms with Crippen LogP contribution in [0.15, 0.2) is 0 Å². The molecule has 0 saturated carbocycles. The van der Waals surface area contributed by atoms with Crippen molar-refractivity contribution in [3.8, 4) is 0 Å². The zero-order valence-electron chi connectivity index (χ0n) is 14.2. The molecule has 0 aliphatic heterocycles. The number of carbonyl (C=O) groups excluding carboxylic acids is 1. The van der Waals surface area contributed by atoms with E-state index in [9.17, 15) is 31.1 Å². The van der Waals surface area contributed by atoms with Crippen LogP contribution in [0.1, 0.15) is 54.4 Å². The first kappa shape index (κ1) is 22.1. The molecule has 0 aromatic heterocycles. The minimum Gasteiger partial charge on any atom is -0.442 e. The third-order valence-corrected chi connectivity index (χ3v) is 4.36. The molecule has 0 aromatic carbocycles. The molecule has 0 rings (SSSR count). The van der Waals surface area contributed by atoms with Crippen LogP contribution in [0.3, 0.4) is 0 Å². The summed E-state index contributed by atoms with van der Waals surface area (Å²) < 4.78 is 79.3. The van der Waals surface area contributed by atoms with Crippen molar-refractivity contribution in [1.82, 2.24) is 0 Å². The predicted molar refractivity (Wildman–Crippen MR) is 73.6 cm³/mol. The van der Waals surface area contributed by atoms with Crippen LogP contribution in [0.4, 0.5) is 26.3 Å². The summed E-state index contributed by atoms with van der Waals surface area (Å²) in [6, 6.07) is 0. The first-order valence-corrected chi connectivity index (χ1v) is 7.32. The number of hydrogen-bond donors (Lipinski definition) is 0. The highest BCUT2D eigenvalue weighted by Gasteiger charge is 2.61. The maximum atomic E-state index is 12.6. The highest BCUT2D eigenvalue weighted by molar-refractivity contribution is 5.77. The number of esters is 1. The van der Waals surface area contributed by atoms with Crippen LogP contribution in [0, 0.1) is 16.7 Å². The number of alkyl halides is 6. The Labute approximate surface area is 132 Å². The Bertz CT molecular complexity index is 397. The van der Waals surface area contributed by atoms with E-state index >= 15 is 0 Å². The van der Waals surface area contributed by atoms with Crippen LogP contribution in [-0.4, -0.2) is 24.4 Å². The molecule has 0 aromatic rings. The van der Waals surface area contributed by atoms with Crippen molar-refractivity contribution in [2.75, 3.05) is 0 Å². The van der Waals surface area contributed by atoms with Gasteiger partial charge in [0.1, 0.15) is 0 Å². The molecule has 23 heavy (non-hydrogen) atoms. The molecule has 0 heterocycles. The summed E-state index contributed by atoms with van der Waals surface area (Å²) >= 11 is 0. The van der Waals surface area contributed by atoms with E-state index in [1.807, 2.05) is 6.92 Å². The molecule has 2 nitrogen and oxygen atoms in total. The lowest BCUT2D eigenvalue weighted by Crippen LogP contribution is -2.49. The Hall–Kier alpha value is -0.950. The van der Waals surface area contributed by atoms with Gasteiger partial charge in [-0.05, 0) is 24.7 Å². The van der Waals surface area contributed by atoms with Crippen LogP contribution in [0.2, 0.25) is 0 Å². The quantitative estimate of drug-likeness (QED) is 0.466. The summed E-state index contributed by atoms with van der Waals surface area (Å²) in [5.74, 6) is -1.96. The van der Waals surface area contributed by atoms with E-state index < -0.39 is 41.2 Å². The van der Waals surface area contributed by atoms with Gasteiger partial charge in [-0.3, -0.25) is 4.79 Å². The highest BCUT2D eigenvalue weighted by atomic mass is 19.4. The molecule has 0 bridgehead atoms. The van der Waals surface area contributed by atoms with Gasteiger partial charge in [0.25, 0.3) is 6.10 Å². The number of hydrogen-bond acceptors (Lipinski definition) is 2. The standard InChI is InChI=1S/C15H24F6O2/c1-7-12(4,5)8-13(6,9(2)3)11(22)23-10(14(16,17)18)15(19,20)21/h9-10H,7-8H2,1-6H3. The van der Waals surface area contributed by atoms with Crippen molar-refractivity contribution < 1.29 is 35.9 Å². The van der Waals surface area contributed by atoms with E-state index in [0.717, 1.165) is 0 Å². The fourth-order valence-electron chi connectivity index (χ4n) is 2.19. The predicted octanol–water partition coefficient (Wildman–Crippen LogP) is 5.51. The summed E-state index contributed by atoms with van der Waals surface area (Å²) in [5, 5.41) is 0. The first-order valence-electron chi connectivity index (χ1n) is 7.32. The maximum Gasteiger partial charge on any atom is 0.434 e. The van der Waals surface area contributed by atoms with Gasteiger partial charge in [-0.25, -0.2) is 0 Å². The normalized spacial score (nSPS) is 16.6. The minimum absolute atomic E-state index is 0.120. The molecule has 0 N–H and O–H groups in total. The van der Waals surface area contributed by atoms with E-state index in [4.69, 9.17) is 0 Å². The topological polar surface area (TPSA) is 26.3 Å². The lowest BCUT2D eigenvalue weighted by molar-refractivity contribution is -0.316. The Morgan fingerprint density at radius 2 is 1.35 bits per heavy atom. The van der Waals surface area contributed by atoms with Crippen molar-refractivity contribution in [3.05, 3.63) is 0 Å². The molecular formula is C15H24F6O2. The van der Waals surface area contributed by atoms with E-state index in [0.29, 0.717) is 6.42 Å². The van der Waals surface area contributed by atoms with Gasteiger partial charge in [0.2, 0.25) is 0 Å². The van der Waals surface area contributed by atoms with Gasteiger partial charge >= 0.3 is 18.3 Å². The average molecular weight is 350 g/mol. The lowest BCUT2D eigenvalue weighted by atomic mass is 9.67. The molecule has 0 aliphatic rings. The number of halogens is 6. The molecular weight excluding hydrogens is 326 g/mol. The first-order chi connectivity index (χ1) is 9.97. The summed E-state index contributed by atoms with van der Waals surface area (Å²) in [6.45, 7) is 9.92. The maximum absolute atomic E-state index is 12.6. The molecule has 0 amide bonds. The lowest BCUT2D eigenvalue weighted by Gasteiger charge is -2.39. The monoisotopic (exact) mass is 350 g/mol. The van der Waals surface area contributed by atoms with Gasteiger partial charge in [-0.15, -0.1) is 0 Å². The summed E-state index contributed by atoms with van der Waals surface area (Å²) in [7, 11) is 0. The number of ether oxygens (including phenoxy) is 1. The molecule has 1 unspecified atom stereocenters. The fraction of sp³-hybridized carbons (Fsp3) is 0.933. The van der Waals surface area contributed by atoms with E-state index in [-0.39, 0.29) is 6.42 Å². The summed E-state index contributed by atoms with van der Waals surface area (Å²) in [6.07, 6.45) is -14.8. The molecule has 0 aliphatic carbocycles. The minimum atomic E-state index is -5.70. The second kappa shape index (κ2) is 6.89. The summed E-state index contributed by atoms with van der Waals surface area (Å²) in [4.78, 5) is 12.2. The Morgan fingerprint density at radius 1 is 0.957 bits per heavy atom. The molecule has 138 valence electrons. The van der Waals surface area contributed by atoms with Crippen LogP contribution in [0.5, 0.6) is 0 Å². The molecule has 8 heteroatoms. The SMILES string of the molecule is CCC(C)(C)CC(C)(C(=O)OC(C(F)(F)F)C(F)(F)F)C(C)C. The van der Waals surface area contributed by atoms with Gasteiger partial charge in [0, 0.05) is 0 Å².